The van der Waals surface area contributed by atoms with Crippen LogP contribution in [-0.2, 0) is 30.9 Å². The lowest BCUT2D eigenvalue weighted by molar-refractivity contribution is 0.0114. The lowest BCUT2D eigenvalue weighted by Crippen LogP contribution is -2.57. The minimum atomic E-state index is 0.230. The number of rotatable bonds is 9. The Bertz CT molecular complexity index is 776. The SMILES string of the molecule is COCc1ccc(CNC2CC(Cc3cc(CN4CCCCC4)on3)C2(C)C)o1. The van der Waals surface area contributed by atoms with Crippen LogP contribution in [0.1, 0.15) is 62.5 Å². The highest BCUT2D eigenvalue weighted by atomic mass is 16.5. The molecular weight excluding hydrogens is 366 g/mol. The van der Waals surface area contributed by atoms with Crippen LogP contribution < -0.4 is 5.32 Å². The number of nitrogens with one attached hydrogen (secondary N) is 1. The van der Waals surface area contributed by atoms with Gasteiger partial charge < -0.3 is 19.0 Å². The van der Waals surface area contributed by atoms with E-state index in [0.717, 1.165) is 48.9 Å². The van der Waals surface area contributed by atoms with Gasteiger partial charge in [-0.2, -0.15) is 0 Å². The maximum Gasteiger partial charge on any atom is 0.150 e. The topological polar surface area (TPSA) is 63.7 Å². The van der Waals surface area contributed by atoms with Crippen LogP contribution in [0.25, 0.3) is 0 Å². The number of furan rings is 1. The average Bonchev–Trinajstić information content (AvgIpc) is 3.34. The smallest absolute Gasteiger partial charge is 0.150 e. The first kappa shape index (κ1) is 20.6. The van der Waals surface area contributed by atoms with Crippen molar-refractivity contribution < 1.29 is 13.7 Å². The Morgan fingerprint density at radius 1 is 1.17 bits per heavy atom. The Labute approximate surface area is 173 Å². The fourth-order valence-corrected chi connectivity index (χ4v) is 4.79. The third-order valence-electron chi connectivity index (χ3n) is 6.89. The van der Waals surface area contributed by atoms with Crippen molar-refractivity contribution in [3.05, 3.63) is 41.2 Å². The van der Waals surface area contributed by atoms with Crippen molar-refractivity contribution >= 4 is 0 Å². The molecule has 2 aliphatic rings. The summed E-state index contributed by atoms with van der Waals surface area (Å²) in [6.45, 7) is 9.25. The average molecular weight is 402 g/mol. The number of ether oxygens (including phenoxy) is 1. The zero-order chi connectivity index (χ0) is 20.3. The predicted molar refractivity (Wildman–Crippen MR) is 111 cm³/mol. The molecular formula is C23H35N3O3. The van der Waals surface area contributed by atoms with Gasteiger partial charge in [-0.15, -0.1) is 0 Å². The highest BCUT2D eigenvalue weighted by Gasteiger charge is 2.47. The van der Waals surface area contributed by atoms with Gasteiger partial charge in [0.25, 0.3) is 0 Å². The summed E-state index contributed by atoms with van der Waals surface area (Å²) < 4.78 is 16.5. The van der Waals surface area contributed by atoms with E-state index in [0.29, 0.717) is 18.6 Å². The van der Waals surface area contributed by atoms with E-state index in [-0.39, 0.29) is 5.41 Å². The van der Waals surface area contributed by atoms with E-state index >= 15 is 0 Å². The van der Waals surface area contributed by atoms with Gasteiger partial charge in [0.1, 0.15) is 18.1 Å². The van der Waals surface area contributed by atoms with E-state index < -0.39 is 0 Å². The summed E-state index contributed by atoms with van der Waals surface area (Å²) in [5.74, 6) is 3.48. The normalized spacial score (nSPS) is 24.5. The monoisotopic (exact) mass is 401 g/mol. The second-order valence-electron chi connectivity index (χ2n) is 9.31. The van der Waals surface area contributed by atoms with Crippen LogP contribution in [0.2, 0.25) is 0 Å². The summed E-state index contributed by atoms with van der Waals surface area (Å²) in [6, 6.07) is 6.68. The molecule has 1 aliphatic carbocycles. The van der Waals surface area contributed by atoms with Crippen LogP contribution in [-0.4, -0.2) is 36.3 Å². The van der Waals surface area contributed by atoms with E-state index in [9.17, 15) is 0 Å². The number of methoxy groups -OCH3 is 1. The zero-order valence-corrected chi connectivity index (χ0v) is 18.1. The quantitative estimate of drug-likeness (QED) is 0.681. The molecule has 2 unspecified atom stereocenters. The summed E-state index contributed by atoms with van der Waals surface area (Å²) in [4.78, 5) is 2.48. The maximum absolute atomic E-state index is 5.78. The van der Waals surface area contributed by atoms with Gasteiger partial charge in [-0.05, 0) is 62.2 Å². The summed E-state index contributed by atoms with van der Waals surface area (Å²) in [5.41, 5.74) is 1.33. The molecule has 1 N–H and O–H groups in total. The summed E-state index contributed by atoms with van der Waals surface area (Å²) in [6.07, 6.45) is 6.12. The Morgan fingerprint density at radius 3 is 2.72 bits per heavy atom. The Hall–Kier alpha value is -1.63. The molecule has 2 atom stereocenters. The van der Waals surface area contributed by atoms with E-state index in [1.54, 1.807) is 7.11 Å². The fraction of sp³-hybridized carbons (Fsp3) is 0.696. The highest BCUT2D eigenvalue weighted by Crippen LogP contribution is 2.47. The number of nitrogens with zero attached hydrogens (tertiary/aromatic N) is 2. The third-order valence-corrected chi connectivity index (χ3v) is 6.89. The maximum atomic E-state index is 5.78. The van der Waals surface area contributed by atoms with E-state index in [2.05, 4.69) is 35.3 Å². The van der Waals surface area contributed by atoms with Gasteiger partial charge in [-0.3, -0.25) is 4.90 Å². The first-order valence-corrected chi connectivity index (χ1v) is 11.0. The molecule has 6 nitrogen and oxygen atoms in total. The predicted octanol–water partition coefficient (Wildman–Crippen LogP) is 4.15. The van der Waals surface area contributed by atoms with Crippen molar-refractivity contribution in [2.24, 2.45) is 11.3 Å². The number of hydrogen-bond acceptors (Lipinski definition) is 6. The van der Waals surface area contributed by atoms with Crippen molar-refractivity contribution in [1.29, 1.82) is 0 Å². The van der Waals surface area contributed by atoms with E-state index in [1.807, 2.05) is 12.1 Å². The third kappa shape index (κ3) is 4.93. The Kier molecular flexibility index (Phi) is 6.42. The van der Waals surface area contributed by atoms with Crippen LogP contribution in [0.4, 0.5) is 0 Å². The van der Waals surface area contributed by atoms with Crippen molar-refractivity contribution in [1.82, 2.24) is 15.4 Å². The van der Waals surface area contributed by atoms with Gasteiger partial charge >= 0.3 is 0 Å². The van der Waals surface area contributed by atoms with Gasteiger partial charge in [0.15, 0.2) is 5.76 Å². The van der Waals surface area contributed by atoms with Gasteiger partial charge in [0, 0.05) is 19.2 Å². The summed E-state index contributed by atoms with van der Waals surface area (Å²) >= 11 is 0. The van der Waals surface area contributed by atoms with Gasteiger partial charge in [-0.25, -0.2) is 0 Å². The number of hydrogen-bond donors (Lipinski definition) is 1. The molecule has 1 saturated carbocycles. The molecule has 0 spiro atoms. The van der Waals surface area contributed by atoms with Crippen LogP contribution in [0, 0.1) is 11.3 Å². The molecule has 0 aromatic carbocycles. The molecule has 2 fully saturated rings. The summed E-state index contributed by atoms with van der Waals surface area (Å²) in [5, 5.41) is 8.03. The second kappa shape index (κ2) is 9.02. The lowest BCUT2D eigenvalue weighted by atomic mass is 9.57. The molecule has 0 amide bonds. The van der Waals surface area contributed by atoms with Gasteiger partial charge in [0.05, 0.1) is 18.8 Å². The number of aromatic nitrogens is 1. The van der Waals surface area contributed by atoms with Gasteiger partial charge in [0.2, 0.25) is 0 Å². The first-order chi connectivity index (χ1) is 14.0. The van der Waals surface area contributed by atoms with Crippen LogP contribution in [0.5, 0.6) is 0 Å². The van der Waals surface area contributed by atoms with E-state index in [1.165, 1.54) is 32.4 Å². The zero-order valence-electron chi connectivity index (χ0n) is 18.1. The van der Waals surface area contributed by atoms with Crippen molar-refractivity contribution in [2.75, 3.05) is 20.2 Å². The van der Waals surface area contributed by atoms with Crippen LogP contribution >= 0.6 is 0 Å². The van der Waals surface area contributed by atoms with Crippen molar-refractivity contribution in [2.45, 2.75) is 71.7 Å². The molecule has 4 rings (SSSR count). The van der Waals surface area contributed by atoms with E-state index in [4.69, 9.17) is 13.7 Å². The molecule has 3 heterocycles. The highest BCUT2D eigenvalue weighted by molar-refractivity contribution is 5.12. The molecule has 0 bridgehead atoms. The Morgan fingerprint density at radius 2 is 1.97 bits per heavy atom. The fourth-order valence-electron chi connectivity index (χ4n) is 4.79. The first-order valence-electron chi connectivity index (χ1n) is 11.0. The Balaban J connectivity index is 1.24. The minimum absolute atomic E-state index is 0.230. The molecule has 2 aromatic rings. The summed E-state index contributed by atoms with van der Waals surface area (Å²) in [7, 11) is 1.68. The molecule has 160 valence electrons. The van der Waals surface area contributed by atoms with Crippen molar-refractivity contribution in [3.8, 4) is 0 Å². The second-order valence-corrected chi connectivity index (χ2v) is 9.31. The molecule has 6 heteroatoms. The molecule has 29 heavy (non-hydrogen) atoms. The number of piperidine rings is 1. The molecule has 1 saturated heterocycles. The minimum Gasteiger partial charge on any atom is -0.462 e. The van der Waals surface area contributed by atoms with Gasteiger partial charge in [-0.1, -0.05) is 25.4 Å². The molecule has 0 radical (unpaired) electrons. The standard InChI is InChI=1S/C23H35N3O3/c1-23(2)17(12-22(23)24-14-19-7-8-20(28-19)16-27-3)11-18-13-21(29-25-18)15-26-9-5-4-6-10-26/h7-8,13,17,22,24H,4-6,9-12,14-16H2,1-3H3. The lowest BCUT2D eigenvalue weighted by Gasteiger charge is -2.52. The number of likely N-dealkylation sites (tertiary alicyclic amines) is 1. The van der Waals surface area contributed by atoms with Crippen molar-refractivity contribution in [3.63, 3.8) is 0 Å². The van der Waals surface area contributed by atoms with Crippen LogP contribution in [0.3, 0.4) is 0 Å². The van der Waals surface area contributed by atoms with Crippen LogP contribution in [0.15, 0.2) is 27.1 Å². The largest absolute Gasteiger partial charge is 0.462 e. The molecule has 2 aromatic heterocycles. The molecule has 1 aliphatic heterocycles.